The summed E-state index contributed by atoms with van der Waals surface area (Å²) in [5, 5.41) is 17.4. The topological polar surface area (TPSA) is 121 Å². The molecule has 5 rings (SSSR count). The van der Waals surface area contributed by atoms with Gasteiger partial charge in [-0.05, 0) is 42.0 Å². The maximum atomic E-state index is 12.9. The number of aliphatic hydroxyl groups excluding tert-OH is 1. The van der Waals surface area contributed by atoms with Crippen LogP contribution in [0.1, 0.15) is 19.4 Å². The fourth-order valence-corrected chi connectivity index (χ4v) is 3.35. The van der Waals surface area contributed by atoms with E-state index in [4.69, 9.17) is 15.7 Å². The van der Waals surface area contributed by atoms with E-state index >= 15 is 0 Å². The fraction of sp³-hybridized carbons (Fsp3) is 0.174. The molecule has 0 saturated heterocycles. The highest BCUT2D eigenvalue weighted by molar-refractivity contribution is 5.84. The lowest BCUT2D eigenvalue weighted by Crippen LogP contribution is -2.02. The van der Waals surface area contributed by atoms with E-state index < -0.39 is 6.80 Å². The second kappa shape index (κ2) is 9.53. The number of nitrogens with zero attached hydrogens (tertiary/aromatic N) is 7. The molecule has 33 heavy (non-hydrogen) atoms. The van der Waals surface area contributed by atoms with Crippen molar-refractivity contribution in [1.29, 1.82) is 0 Å². The summed E-state index contributed by atoms with van der Waals surface area (Å²) in [5.41, 5.74) is 10.6. The van der Waals surface area contributed by atoms with Gasteiger partial charge in [-0.25, -0.2) is 19.3 Å². The van der Waals surface area contributed by atoms with Crippen molar-refractivity contribution in [3.63, 3.8) is 0 Å². The fourth-order valence-electron chi connectivity index (χ4n) is 3.35. The molecule has 0 aliphatic carbocycles. The third kappa shape index (κ3) is 4.15. The summed E-state index contributed by atoms with van der Waals surface area (Å²) < 4.78 is 14.7. The van der Waals surface area contributed by atoms with Gasteiger partial charge in [-0.2, -0.15) is 9.90 Å². The lowest BCUT2D eigenvalue weighted by Gasteiger charge is -2.11. The second-order valence-corrected chi connectivity index (χ2v) is 6.79. The predicted molar refractivity (Wildman–Crippen MR) is 124 cm³/mol. The van der Waals surface area contributed by atoms with E-state index in [2.05, 4.69) is 15.2 Å². The van der Waals surface area contributed by atoms with Crippen LogP contribution in [0.25, 0.3) is 39.6 Å². The van der Waals surface area contributed by atoms with Gasteiger partial charge < -0.3 is 10.8 Å². The Hall–Kier alpha value is -4.18. The lowest BCUT2D eigenvalue weighted by molar-refractivity contribution is 0.282. The van der Waals surface area contributed by atoms with Crippen molar-refractivity contribution in [1.82, 2.24) is 34.5 Å². The summed E-state index contributed by atoms with van der Waals surface area (Å²) in [6.45, 7) is 3.13. The minimum atomic E-state index is -0.818. The molecule has 0 amide bonds. The highest BCUT2D eigenvalue weighted by Crippen LogP contribution is 2.31. The average Bonchev–Trinajstić information content (AvgIpc) is 3.50. The standard InChI is InChI=1S/C21H17FN8O.C2H6/c22-12-29-25-10-18(28-29)16-7-8-17-21(26-16)30(14-5-3-13(11-31)4-6-14)20(27-17)15-2-1-9-24-19(15)23;1-2/h1-10,31H,11-12H2,(H2,23,24);1-2H3. The zero-order chi connectivity index (χ0) is 23.4. The Morgan fingerprint density at radius 2 is 1.79 bits per heavy atom. The van der Waals surface area contributed by atoms with E-state index in [1.807, 2.05) is 54.8 Å². The Kier molecular flexibility index (Phi) is 6.36. The molecule has 0 saturated carbocycles. The summed E-state index contributed by atoms with van der Waals surface area (Å²) >= 11 is 0. The first-order valence-electron chi connectivity index (χ1n) is 10.4. The van der Waals surface area contributed by atoms with E-state index in [-0.39, 0.29) is 6.61 Å². The van der Waals surface area contributed by atoms with Crippen LogP contribution in [0, 0.1) is 0 Å². The zero-order valence-corrected chi connectivity index (χ0v) is 18.2. The zero-order valence-electron chi connectivity index (χ0n) is 18.2. The number of aromatic nitrogens is 7. The minimum Gasteiger partial charge on any atom is -0.392 e. The second-order valence-electron chi connectivity index (χ2n) is 6.79. The third-order valence-corrected chi connectivity index (χ3v) is 4.87. The molecule has 0 spiro atoms. The number of halogens is 1. The molecule has 0 bridgehead atoms. The number of nitrogen functional groups attached to an aromatic ring is 1. The van der Waals surface area contributed by atoms with Crippen molar-refractivity contribution < 1.29 is 9.50 Å². The van der Waals surface area contributed by atoms with Gasteiger partial charge in [-0.15, -0.1) is 5.10 Å². The van der Waals surface area contributed by atoms with Crippen molar-refractivity contribution in [3.05, 3.63) is 66.5 Å². The molecule has 0 fully saturated rings. The van der Waals surface area contributed by atoms with Crippen molar-refractivity contribution in [2.45, 2.75) is 27.3 Å². The minimum absolute atomic E-state index is 0.0556. The van der Waals surface area contributed by atoms with Crippen LogP contribution in [0.4, 0.5) is 10.2 Å². The summed E-state index contributed by atoms with van der Waals surface area (Å²) in [5.74, 6) is 0.923. The summed E-state index contributed by atoms with van der Waals surface area (Å²) in [7, 11) is 0. The first-order chi connectivity index (χ1) is 16.2. The molecular formula is C23H23FN8O. The van der Waals surface area contributed by atoms with Gasteiger partial charge in [0.15, 0.2) is 11.5 Å². The highest BCUT2D eigenvalue weighted by atomic mass is 19.1. The van der Waals surface area contributed by atoms with Gasteiger partial charge in [0, 0.05) is 11.9 Å². The number of nitrogens with two attached hydrogens (primary N) is 1. The van der Waals surface area contributed by atoms with Gasteiger partial charge in [0.25, 0.3) is 0 Å². The van der Waals surface area contributed by atoms with Crippen molar-refractivity contribution >= 4 is 17.0 Å². The molecule has 9 nitrogen and oxygen atoms in total. The Morgan fingerprint density at radius 3 is 2.45 bits per heavy atom. The van der Waals surface area contributed by atoms with Crippen LogP contribution >= 0.6 is 0 Å². The Labute approximate surface area is 189 Å². The van der Waals surface area contributed by atoms with E-state index in [1.165, 1.54) is 6.20 Å². The van der Waals surface area contributed by atoms with Crippen LogP contribution < -0.4 is 5.73 Å². The third-order valence-electron chi connectivity index (χ3n) is 4.87. The van der Waals surface area contributed by atoms with Crippen LogP contribution in [0.2, 0.25) is 0 Å². The number of anilines is 1. The van der Waals surface area contributed by atoms with Gasteiger partial charge in [-0.3, -0.25) is 4.57 Å². The molecule has 0 unspecified atom stereocenters. The van der Waals surface area contributed by atoms with Crippen molar-refractivity contribution in [3.8, 4) is 28.5 Å². The van der Waals surface area contributed by atoms with E-state index in [0.29, 0.717) is 39.8 Å². The number of imidazole rings is 1. The molecule has 0 aliphatic heterocycles. The molecule has 0 atom stereocenters. The van der Waals surface area contributed by atoms with Crippen molar-refractivity contribution in [2.75, 3.05) is 5.73 Å². The Bertz CT molecular complexity index is 1380. The van der Waals surface area contributed by atoms with Crippen LogP contribution in [-0.2, 0) is 13.4 Å². The molecule has 168 valence electrons. The van der Waals surface area contributed by atoms with Gasteiger partial charge in [0.1, 0.15) is 17.0 Å². The smallest absolute Gasteiger partial charge is 0.200 e. The SMILES string of the molecule is CC.Nc1ncccc1-c1nc2ccc(-c3cnn(CF)n3)nc2n1-c1ccc(CO)cc1. The predicted octanol–water partition coefficient (Wildman–Crippen LogP) is 3.77. The maximum absolute atomic E-state index is 12.9. The van der Waals surface area contributed by atoms with Crippen LogP contribution in [0.3, 0.4) is 0 Å². The number of fused-ring (bicyclic) bond motifs is 1. The van der Waals surface area contributed by atoms with E-state index in [0.717, 1.165) is 16.0 Å². The summed E-state index contributed by atoms with van der Waals surface area (Å²) in [6.07, 6.45) is 3.08. The average molecular weight is 446 g/mol. The monoisotopic (exact) mass is 446 g/mol. The highest BCUT2D eigenvalue weighted by Gasteiger charge is 2.19. The number of aliphatic hydroxyl groups is 1. The van der Waals surface area contributed by atoms with Gasteiger partial charge in [-0.1, -0.05) is 26.0 Å². The molecular weight excluding hydrogens is 423 g/mol. The van der Waals surface area contributed by atoms with Gasteiger partial charge in [0.05, 0.1) is 24.1 Å². The summed E-state index contributed by atoms with van der Waals surface area (Å²) in [6, 6.07) is 14.6. The number of rotatable bonds is 5. The number of alkyl halides is 1. The molecule has 1 aromatic carbocycles. The van der Waals surface area contributed by atoms with Gasteiger partial charge >= 0.3 is 0 Å². The molecule has 0 radical (unpaired) electrons. The normalized spacial score (nSPS) is 10.8. The largest absolute Gasteiger partial charge is 0.392 e. The van der Waals surface area contributed by atoms with Gasteiger partial charge in [0.2, 0.25) is 6.80 Å². The first-order valence-corrected chi connectivity index (χ1v) is 10.4. The number of pyridine rings is 2. The maximum Gasteiger partial charge on any atom is 0.200 e. The number of hydrogen-bond donors (Lipinski definition) is 2. The Balaban J connectivity index is 0.00000126. The van der Waals surface area contributed by atoms with Crippen LogP contribution in [0.15, 0.2) is 60.9 Å². The molecule has 5 aromatic rings. The lowest BCUT2D eigenvalue weighted by atomic mass is 10.2. The van der Waals surface area contributed by atoms with Crippen LogP contribution in [-0.4, -0.2) is 39.6 Å². The van der Waals surface area contributed by atoms with E-state index in [9.17, 15) is 9.50 Å². The Morgan fingerprint density at radius 1 is 1.00 bits per heavy atom. The molecule has 4 heterocycles. The van der Waals surface area contributed by atoms with Crippen LogP contribution in [0.5, 0.6) is 0 Å². The molecule has 10 heteroatoms. The quantitative estimate of drug-likeness (QED) is 0.422. The van der Waals surface area contributed by atoms with E-state index in [1.54, 1.807) is 18.3 Å². The summed E-state index contributed by atoms with van der Waals surface area (Å²) in [4.78, 5) is 14.6. The number of hydrogen-bond acceptors (Lipinski definition) is 7. The molecule has 0 aliphatic rings. The molecule has 4 aromatic heterocycles. The molecule has 3 N–H and O–H groups in total. The first kappa shape index (κ1) is 22.0. The van der Waals surface area contributed by atoms with Crippen molar-refractivity contribution in [2.24, 2.45) is 0 Å². The number of benzene rings is 1.